The molecule has 0 saturated heterocycles. The molecule has 0 spiro atoms. The van der Waals surface area contributed by atoms with Crippen molar-refractivity contribution in [1.29, 1.82) is 0 Å². The number of fused-ring (bicyclic) bond motifs is 4. The van der Waals surface area contributed by atoms with Crippen LogP contribution in [0.3, 0.4) is 0 Å². The zero-order valence-corrected chi connectivity index (χ0v) is 30.5. The first-order chi connectivity index (χ1) is 26.8. The van der Waals surface area contributed by atoms with Gasteiger partial charge in [-0.3, -0.25) is 0 Å². The summed E-state index contributed by atoms with van der Waals surface area (Å²) >= 11 is 0. The van der Waals surface area contributed by atoms with Gasteiger partial charge >= 0.3 is 0 Å². The van der Waals surface area contributed by atoms with Crippen LogP contribution in [-0.4, -0.2) is 0 Å². The summed E-state index contributed by atoms with van der Waals surface area (Å²) in [6, 6.07) is 72.4. The van der Waals surface area contributed by atoms with Crippen LogP contribution in [0.2, 0.25) is 0 Å². The van der Waals surface area contributed by atoms with Crippen molar-refractivity contribution in [2.24, 2.45) is 0 Å². The summed E-state index contributed by atoms with van der Waals surface area (Å²) in [7, 11) is 0. The van der Waals surface area contributed by atoms with E-state index in [0.717, 1.165) is 17.1 Å². The number of nitrogens with zero attached hydrogens (tertiary/aromatic N) is 1. The highest BCUT2D eigenvalue weighted by Gasteiger charge is 2.47. The van der Waals surface area contributed by atoms with Crippen LogP contribution < -0.4 is 4.90 Å². The maximum atomic E-state index is 2.52. The quantitative estimate of drug-likeness (QED) is 0.161. The van der Waals surface area contributed by atoms with Crippen molar-refractivity contribution in [3.8, 4) is 22.3 Å². The standard InChI is InChI=1S/C53H43N/c1-6-19-38(20-7-1)46-31-18-32-49-52(46)47-34-33-45(37-50(47)53(49,42-25-10-3-11-26-42)43-27-12-4-13-28-43)54(44-29-14-5-15-30-44)51-36-41-24-17-16-23-40(41)35-48(51)39-21-8-2-9-22-39/h2-5,8-18,21-38H,1,6-7,19-20H2. The lowest BCUT2D eigenvalue weighted by Crippen LogP contribution is -2.29. The SMILES string of the molecule is c1ccc(-c2cc3ccccc3cc2N(c2ccccc2)c2ccc3c(c2)C(c2ccccc2)(c2ccccc2)c2cccc(C4CCCCC4)c2-3)cc1. The van der Waals surface area contributed by atoms with E-state index in [9.17, 15) is 0 Å². The van der Waals surface area contributed by atoms with E-state index in [4.69, 9.17) is 0 Å². The zero-order chi connectivity index (χ0) is 35.9. The third-order valence-electron chi connectivity index (χ3n) is 12.1. The molecule has 1 fully saturated rings. The Kier molecular flexibility index (Phi) is 8.22. The third-order valence-corrected chi connectivity index (χ3v) is 12.1. The Morgan fingerprint density at radius 2 is 1.02 bits per heavy atom. The molecule has 1 saturated carbocycles. The van der Waals surface area contributed by atoms with Crippen molar-refractivity contribution in [3.63, 3.8) is 0 Å². The fraction of sp³-hybridized carbons (Fsp3) is 0.132. The Balaban J connectivity index is 1.29. The number of rotatable bonds is 7. The molecule has 2 aliphatic carbocycles. The van der Waals surface area contributed by atoms with Crippen molar-refractivity contribution in [1.82, 2.24) is 0 Å². The van der Waals surface area contributed by atoms with Crippen LogP contribution in [0.5, 0.6) is 0 Å². The average Bonchev–Trinajstić information content (AvgIpc) is 3.56. The first-order valence-corrected chi connectivity index (χ1v) is 19.6. The van der Waals surface area contributed by atoms with E-state index < -0.39 is 5.41 Å². The Hall–Kier alpha value is -6.18. The predicted octanol–water partition coefficient (Wildman–Crippen LogP) is 14.4. The minimum atomic E-state index is -0.484. The summed E-state index contributed by atoms with van der Waals surface area (Å²) in [5, 5.41) is 2.46. The summed E-state index contributed by atoms with van der Waals surface area (Å²) in [4.78, 5) is 2.49. The van der Waals surface area contributed by atoms with E-state index >= 15 is 0 Å². The van der Waals surface area contributed by atoms with Crippen molar-refractivity contribution >= 4 is 27.8 Å². The maximum Gasteiger partial charge on any atom is 0.0714 e. The Morgan fingerprint density at radius 3 is 1.69 bits per heavy atom. The Bertz CT molecular complexity index is 2530. The molecule has 0 N–H and O–H groups in total. The highest BCUT2D eigenvalue weighted by Crippen LogP contribution is 2.59. The molecule has 260 valence electrons. The van der Waals surface area contributed by atoms with E-state index in [1.807, 2.05) is 0 Å². The second-order valence-electron chi connectivity index (χ2n) is 15.1. The first kappa shape index (κ1) is 32.5. The topological polar surface area (TPSA) is 3.24 Å². The molecule has 1 heteroatoms. The molecule has 0 heterocycles. The van der Waals surface area contributed by atoms with Gasteiger partial charge in [0.15, 0.2) is 0 Å². The van der Waals surface area contributed by atoms with Gasteiger partial charge in [0.25, 0.3) is 0 Å². The highest BCUT2D eigenvalue weighted by molar-refractivity contribution is 5.99. The van der Waals surface area contributed by atoms with Gasteiger partial charge in [-0.2, -0.15) is 0 Å². The molecule has 0 amide bonds. The van der Waals surface area contributed by atoms with Gasteiger partial charge in [-0.05, 0) is 110 Å². The normalized spacial score (nSPS) is 14.7. The Morgan fingerprint density at radius 1 is 0.426 bits per heavy atom. The second kappa shape index (κ2) is 13.7. The van der Waals surface area contributed by atoms with Gasteiger partial charge in [0.1, 0.15) is 0 Å². The van der Waals surface area contributed by atoms with E-state index in [-0.39, 0.29) is 0 Å². The van der Waals surface area contributed by atoms with Crippen LogP contribution in [0.15, 0.2) is 194 Å². The summed E-state index contributed by atoms with van der Waals surface area (Å²) in [6.45, 7) is 0. The molecule has 0 radical (unpaired) electrons. The number of benzene rings is 8. The maximum absolute atomic E-state index is 2.52. The van der Waals surface area contributed by atoms with Crippen LogP contribution >= 0.6 is 0 Å². The molecule has 2 aliphatic rings. The monoisotopic (exact) mass is 693 g/mol. The van der Waals surface area contributed by atoms with Crippen LogP contribution in [0.4, 0.5) is 17.1 Å². The fourth-order valence-corrected chi connectivity index (χ4v) is 9.71. The van der Waals surface area contributed by atoms with Gasteiger partial charge in [-0.25, -0.2) is 0 Å². The summed E-state index contributed by atoms with van der Waals surface area (Å²) < 4.78 is 0. The van der Waals surface area contributed by atoms with Gasteiger partial charge < -0.3 is 4.90 Å². The molecule has 8 aromatic carbocycles. The molecule has 10 rings (SSSR count). The van der Waals surface area contributed by atoms with Crippen molar-refractivity contribution in [2.75, 3.05) is 4.90 Å². The van der Waals surface area contributed by atoms with Crippen molar-refractivity contribution in [3.05, 3.63) is 222 Å². The second-order valence-corrected chi connectivity index (χ2v) is 15.1. The fourth-order valence-electron chi connectivity index (χ4n) is 9.71. The lowest BCUT2D eigenvalue weighted by molar-refractivity contribution is 0.444. The molecule has 0 atom stereocenters. The highest BCUT2D eigenvalue weighted by atomic mass is 15.1. The first-order valence-electron chi connectivity index (χ1n) is 19.6. The minimum absolute atomic E-state index is 0.484. The predicted molar refractivity (Wildman–Crippen MR) is 227 cm³/mol. The molecular weight excluding hydrogens is 651 g/mol. The summed E-state index contributed by atoms with van der Waals surface area (Å²) in [5.74, 6) is 0.579. The van der Waals surface area contributed by atoms with Gasteiger partial charge in [0.2, 0.25) is 0 Å². The molecule has 0 aromatic heterocycles. The third kappa shape index (κ3) is 5.30. The zero-order valence-electron chi connectivity index (χ0n) is 30.5. The van der Waals surface area contributed by atoms with Gasteiger partial charge in [0, 0.05) is 16.9 Å². The largest absolute Gasteiger partial charge is 0.310 e. The Labute approximate surface area is 319 Å². The van der Waals surface area contributed by atoms with Gasteiger partial charge in [0.05, 0.1) is 11.1 Å². The van der Waals surface area contributed by atoms with E-state index in [0.29, 0.717) is 5.92 Å². The summed E-state index contributed by atoms with van der Waals surface area (Å²) in [6.07, 6.45) is 6.49. The molecule has 0 aliphatic heterocycles. The van der Waals surface area contributed by atoms with Crippen LogP contribution in [0.25, 0.3) is 33.0 Å². The molecule has 1 nitrogen and oxygen atoms in total. The lowest BCUT2D eigenvalue weighted by Gasteiger charge is -2.35. The molecular formula is C53H43N. The van der Waals surface area contributed by atoms with Crippen LogP contribution in [0, 0.1) is 0 Å². The van der Waals surface area contributed by atoms with Gasteiger partial charge in [-0.1, -0.05) is 177 Å². The number of para-hydroxylation sites is 1. The van der Waals surface area contributed by atoms with Crippen LogP contribution in [-0.2, 0) is 5.41 Å². The van der Waals surface area contributed by atoms with Crippen molar-refractivity contribution < 1.29 is 0 Å². The average molecular weight is 694 g/mol. The van der Waals surface area contributed by atoms with Crippen molar-refractivity contribution in [2.45, 2.75) is 43.4 Å². The minimum Gasteiger partial charge on any atom is -0.310 e. The van der Waals surface area contributed by atoms with E-state index in [1.54, 1.807) is 0 Å². The lowest BCUT2D eigenvalue weighted by atomic mass is 9.67. The molecule has 0 unspecified atom stereocenters. The number of hydrogen-bond acceptors (Lipinski definition) is 1. The molecule has 0 bridgehead atoms. The molecule has 8 aromatic rings. The van der Waals surface area contributed by atoms with Crippen LogP contribution in [0.1, 0.15) is 65.8 Å². The van der Waals surface area contributed by atoms with E-state index in [2.05, 4.69) is 199 Å². The summed E-state index contributed by atoms with van der Waals surface area (Å²) in [5.41, 5.74) is 15.0. The smallest absolute Gasteiger partial charge is 0.0714 e. The molecule has 54 heavy (non-hydrogen) atoms. The van der Waals surface area contributed by atoms with E-state index in [1.165, 1.54) is 92.9 Å². The van der Waals surface area contributed by atoms with Gasteiger partial charge in [-0.15, -0.1) is 0 Å². The number of anilines is 3. The number of hydrogen-bond donors (Lipinski definition) is 0.